The average Bonchev–Trinajstić information content (AvgIpc) is 2.18. The van der Waals surface area contributed by atoms with Crippen LogP contribution in [-0.2, 0) is 0 Å². The van der Waals surface area contributed by atoms with Crippen LogP contribution in [0.25, 0.3) is 0 Å². The number of benzene rings is 1. The summed E-state index contributed by atoms with van der Waals surface area (Å²) in [5.41, 5.74) is 0.452. The summed E-state index contributed by atoms with van der Waals surface area (Å²) in [6, 6.07) is 5.18. The molecule has 0 bridgehead atoms. The number of hydrogen-bond donors (Lipinski definition) is 0. The molecule has 0 saturated carbocycles. The molecule has 0 aromatic heterocycles. The summed E-state index contributed by atoms with van der Waals surface area (Å²) in [5, 5.41) is 0.678. The van der Waals surface area contributed by atoms with Gasteiger partial charge in [-0.1, -0.05) is 33.6 Å². The third-order valence-corrected chi connectivity index (χ3v) is 2.50. The molecular weight excluding hydrogens is 267 g/mol. The summed E-state index contributed by atoms with van der Waals surface area (Å²) in [6.45, 7) is 2.38. The van der Waals surface area contributed by atoms with Crippen LogP contribution in [0.1, 0.15) is 17.3 Å². The molecule has 0 saturated heterocycles. The highest BCUT2D eigenvalue weighted by Crippen LogP contribution is 2.27. The lowest BCUT2D eigenvalue weighted by atomic mass is 10.1. The minimum atomic E-state index is -0.0703. The molecule has 0 N–H and O–H groups in total. The molecule has 0 aliphatic heterocycles. The van der Waals surface area contributed by atoms with Crippen molar-refractivity contribution >= 4 is 33.3 Å². The molecule has 0 amide bonds. The number of halogens is 2. The van der Waals surface area contributed by atoms with Crippen molar-refractivity contribution < 1.29 is 9.53 Å². The van der Waals surface area contributed by atoms with E-state index in [2.05, 4.69) is 15.9 Å². The lowest BCUT2D eigenvalue weighted by Gasteiger charge is -2.09. The second kappa shape index (κ2) is 5.37. The van der Waals surface area contributed by atoms with Gasteiger partial charge in [0.2, 0.25) is 0 Å². The molecular formula is C10H10BrClO2. The number of hydrogen-bond acceptors (Lipinski definition) is 2. The van der Waals surface area contributed by atoms with E-state index < -0.39 is 0 Å². The van der Waals surface area contributed by atoms with Crippen LogP contribution in [-0.4, -0.2) is 17.7 Å². The molecule has 4 heteroatoms. The highest BCUT2D eigenvalue weighted by molar-refractivity contribution is 9.09. The highest BCUT2D eigenvalue weighted by Gasteiger charge is 2.14. The Balaban J connectivity index is 3.15. The topological polar surface area (TPSA) is 26.3 Å². The van der Waals surface area contributed by atoms with Crippen molar-refractivity contribution in [2.45, 2.75) is 6.92 Å². The van der Waals surface area contributed by atoms with E-state index in [0.717, 1.165) is 0 Å². The summed E-state index contributed by atoms with van der Waals surface area (Å²) in [5.74, 6) is 0.475. The monoisotopic (exact) mass is 276 g/mol. The number of carbonyl (C=O) groups excluding carboxylic acids is 1. The van der Waals surface area contributed by atoms with Crippen LogP contribution in [0, 0.1) is 0 Å². The summed E-state index contributed by atoms with van der Waals surface area (Å²) in [7, 11) is 0. The van der Waals surface area contributed by atoms with Gasteiger partial charge in [0.05, 0.1) is 22.5 Å². The third-order valence-electron chi connectivity index (χ3n) is 1.68. The molecule has 0 aliphatic carbocycles. The average molecular weight is 278 g/mol. The summed E-state index contributed by atoms with van der Waals surface area (Å²) >= 11 is 9.02. The van der Waals surface area contributed by atoms with Crippen molar-refractivity contribution in [2.75, 3.05) is 11.9 Å². The normalized spacial score (nSPS) is 9.93. The maximum absolute atomic E-state index is 11.5. The summed E-state index contributed by atoms with van der Waals surface area (Å²) < 4.78 is 5.31. The van der Waals surface area contributed by atoms with E-state index in [-0.39, 0.29) is 11.1 Å². The Morgan fingerprint density at radius 1 is 1.57 bits per heavy atom. The van der Waals surface area contributed by atoms with Crippen molar-refractivity contribution in [1.82, 2.24) is 0 Å². The molecule has 1 rings (SSSR count). The second-order valence-electron chi connectivity index (χ2n) is 2.60. The predicted octanol–water partition coefficient (Wildman–Crippen LogP) is 3.32. The summed E-state index contributed by atoms with van der Waals surface area (Å²) in [6.07, 6.45) is 0. The maximum Gasteiger partial charge on any atom is 0.178 e. The molecule has 0 heterocycles. The van der Waals surface area contributed by atoms with Gasteiger partial charge in [-0.25, -0.2) is 0 Å². The first kappa shape index (κ1) is 11.5. The maximum atomic E-state index is 11.5. The fraction of sp³-hybridized carbons (Fsp3) is 0.300. The van der Waals surface area contributed by atoms with Gasteiger partial charge >= 0.3 is 0 Å². The van der Waals surface area contributed by atoms with E-state index in [1.807, 2.05) is 6.92 Å². The van der Waals surface area contributed by atoms with E-state index in [0.29, 0.717) is 22.9 Å². The molecule has 1 aromatic rings. The number of rotatable bonds is 4. The van der Waals surface area contributed by atoms with E-state index in [1.165, 1.54) is 0 Å². The van der Waals surface area contributed by atoms with Gasteiger partial charge in [0.25, 0.3) is 0 Å². The fourth-order valence-electron chi connectivity index (χ4n) is 1.12. The van der Waals surface area contributed by atoms with Gasteiger partial charge in [-0.15, -0.1) is 0 Å². The Labute approximate surface area is 96.3 Å². The number of ether oxygens (including phenoxy) is 1. The standard InChI is InChI=1S/C10H10BrClO2/c1-2-14-9-5-3-4-7(12)10(9)8(13)6-11/h3-5H,2,6H2,1H3. The van der Waals surface area contributed by atoms with Gasteiger partial charge in [0, 0.05) is 0 Å². The number of ketones is 1. The van der Waals surface area contributed by atoms with Gasteiger partial charge in [-0.05, 0) is 19.1 Å². The van der Waals surface area contributed by atoms with Crippen LogP contribution in [0.3, 0.4) is 0 Å². The number of alkyl halides is 1. The molecule has 0 unspecified atom stereocenters. The predicted molar refractivity (Wildman–Crippen MR) is 60.7 cm³/mol. The van der Waals surface area contributed by atoms with Crippen molar-refractivity contribution in [3.8, 4) is 5.75 Å². The Kier molecular flexibility index (Phi) is 4.42. The third kappa shape index (κ3) is 2.49. The molecule has 1 aromatic carbocycles. The molecule has 14 heavy (non-hydrogen) atoms. The Morgan fingerprint density at radius 3 is 2.86 bits per heavy atom. The van der Waals surface area contributed by atoms with Crippen molar-refractivity contribution in [2.24, 2.45) is 0 Å². The molecule has 0 radical (unpaired) electrons. The van der Waals surface area contributed by atoms with Crippen LogP contribution < -0.4 is 4.74 Å². The molecule has 0 atom stereocenters. The molecule has 0 spiro atoms. The van der Waals surface area contributed by atoms with Gasteiger partial charge < -0.3 is 4.74 Å². The second-order valence-corrected chi connectivity index (χ2v) is 3.57. The highest BCUT2D eigenvalue weighted by atomic mass is 79.9. The number of Topliss-reactive ketones (excluding diaryl/α,β-unsaturated/α-hetero) is 1. The zero-order valence-electron chi connectivity index (χ0n) is 7.72. The smallest absolute Gasteiger partial charge is 0.178 e. The largest absolute Gasteiger partial charge is 0.493 e. The van der Waals surface area contributed by atoms with Gasteiger partial charge in [-0.2, -0.15) is 0 Å². The fourth-order valence-corrected chi connectivity index (χ4v) is 1.67. The van der Waals surface area contributed by atoms with E-state index in [9.17, 15) is 4.79 Å². The SMILES string of the molecule is CCOc1cccc(Cl)c1C(=O)CBr. The Hall–Kier alpha value is -0.540. The minimum Gasteiger partial charge on any atom is -0.493 e. The Morgan fingerprint density at radius 2 is 2.29 bits per heavy atom. The van der Waals surface area contributed by atoms with Crippen LogP contribution in [0.4, 0.5) is 0 Å². The molecule has 76 valence electrons. The first-order chi connectivity index (χ1) is 6.70. The minimum absolute atomic E-state index is 0.0703. The van der Waals surface area contributed by atoms with Gasteiger partial charge in [0.1, 0.15) is 5.75 Å². The van der Waals surface area contributed by atoms with Gasteiger partial charge in [-0.3, -0.25) is 4.79 Å². The van der Waals surface area contributed by atoms with Gasteiger partial charge in [0.15, 0.2) is 5.78 Å². The van der Waals surface area contributed by atoms with E-state index >= 15 is 0 Å². The molecule has 0 fully saturated rings. The first-order valence-corrected chi connectivity index (χ1v) is 5.71. The van der Waals surface area contributed by atoms with Crippen LogP contribution in [0.15, 0.2) is 18.2 Å². The zero-order chi connectivity index (χ0) is 10.6. The zero-order valence-corrected chi connectivity index (χ0v) is 10.1. The van der Waals surface area contributed by atoms with Crippen molar-refractivity contribution in [3.63, 3.8) is 0 Å². The van der Waals surface area contributed by atoms with Crippen LogP contribution >= 0.6 is 27.5 Å². The molecule has 2 nitrogen and oxygen atoms in total. The molecule has 0 aliphatic rings. The van der Waals surface area contributed by atoms with Crippen LogP contribution in [0.5, 0.6) is 5.75 Å². The number of carbonyl (C=O) groups is 1. The van der Waals surface area contributed by atoms with Crippen molar-refractivity contribution in [3.05, 3.63) is 28.8 Å². The van der Waals surface area contributed by atoms with Crippen molar-refractivity contribution in [1.29, 1.82) is 0 Å². The lowest BCUT2D eigenvalue weighted by Crippen LogP contribution is -2.05. The lowest BCUT2D eigenvalue weighted by molar-refractivity contribution is 0.102. The van der Waals surface area contributed by atoms with E-state index in [4.69, 9.17) is 16.3 Å². The van der Waals surface area contributed by atoms with Crippen LogP contribution in [0.2, 0.25) is 5.02 Å². The Bertz CT molecular complexity index is 339. The quantitative estimate of drug-likeness (QED) is 0.623. The summed E-state index contributed by atoms with van der Waals surface area (Å²) in [4.78, 5) is 11.5. The van der Waals surface area contributed by atoms with E-state index in [1.54, 1.807) is 18.2 Å². The first-order valence-electron chi connectivity index (χ1n) is 4.21.